The Hall–Kier alpha value is -2.93. The van der Waals surface area contributed by atoms with Gasteiger partial charge in [-0.25, -0.2) is 14.6 Å². The summed E-state index contributed by atoms with van der Waals surface area (Å²) in [5, 5.41) is 4.22. The molecule has 7 nitrogen and oxygen atoms in total. The maximum Gasteiger partial charge on any atom is 0.181 e. The molecule has 0 saturated carbocycles. The lowest BCUT2D eigenvalue weighted by atomic mass is 9.92. The lowest BCUT2D eigenvalue weighted by Crippen LogP contribution is -2.31. The van der Waals surface area contributed by atoms with Crippen molar-refractivity contribution in [1.82, 2.24) is 19.7 Å². The van der Waals surface area contributed by atoms with Gasteiger partial charge in [-0.2, -0.15) is 5.10 Å². The van der Waals surface area contributed by atoms with Crippen LogP contribution in [0.2, 0.25) is 0 Å². The lowest BCUT2D eigenvalue weighted by molar-refractivity contribution is -0.0205. The number of hydrogen-bond donors (Lipinski definition) is 1. The molecule has 2 aliphatic heterocycles. The summed E-state index contributed by atoms with van der Waals surface area (Å²) in [5.74, 6) is 1.34. The number of nitrogens with zero attached hydrogens (tertiary/aromatic N) is 5. The second kappa shape index (κ2) is 5.29. The van der Waals surface area contributed by atoms with Crippen molar-refractivity contribution in [3.8, 4) is 5.82 Å². The van der Waals surface area contributed by atoms with Gasteiger partial charge >= 0.3 is 0 Å². The molecular formula is C18H18N6O. The molecule has 126 valence electrons. The Labute approximate surface area is 145 Å². The molecule has 1 saturated heterocycles. The Balaban J connectivity index is 1.50. The summed E-state index contributed by atoms with van der Waals surface area (Å²) >= 11 is 0. The van der Waals surface area contributed by atoms with Crippen molar-refractivity contribution in [1.29, 1.82) is 0 Å². The first-order chi connectivity index (χ1) is 12.3. The van der Waals surface area contributed by atoms with Crippen molar-refractivity contribution in [2.45, 2.75) is 18.6 Å². The fourth-order valence-corrected chi connectivity index (χ4v) is 3.89. The lowest BCUT2D eigenvalue weighted by Gasteiger charge is -2.26. The topological polar surface area (TPSA) is 82.1 Å². The van der Waals surface area contributed by atoms with Crippen LogP contribution in [0, 0.1) is 0 Å². The van der Waals surface area contributed by atoms with Gasteiger partial charge in [0, 0.05) is 18.9 Å². The van der Waals surface area contributed by atoms with Crippen LogP contribution in [-0.4, -0.2) is 32.8 Å². The third kappa shape index (κ3) is 2.12. The van der Waals surface area contributed by atoms with Crippen LogP contribution in [0.25, 0.3) is 5.82 Å². The zero-order chi connectivity index (χ0) is 16.9. The van der Waals surface area contributed by atoms with E-state index < -0.39 is 0 Å². The van der Waals surface area contributed by atoms with E-state index in [9.17, 15) is 0 Å². The van der Waals surface area contributed by atoms with Gasteiger partial charge in [0.1, 0.15) is 17.6 Å². The highest BCUT2D eigenvalue weighted by Crippen LogP contribution is 2.44. The second-order valence-corrected chi connectivity index (χ2v) is 6.50. The summed E-state index contributed by atoms with van der Waals surface area (Å²) in [7, 11) is 0. The van der Waals surface area contributed by atoms with Crippen molar-refractivity contribution in [2.24, 2.45) is 0 Å². The monoisotopic (exact) mass is 334 g/mol. The number of benzene rings is 1. The van der Waals surface area contributed by atoms with E-state index in [1.807, 2.05) is 12.3 Å². The van der Waals surface area contributed by atoms with Crippen LogP contribution >= 0.6 is 0 Å². The van der Waals surface area contributed by atoms with Crippen LogP contribution in [0.1, 0.15) is 17.5 Å². The molecule has 7 heteroatoms. The standard InChI is InChI=1S/C18H18N6O/c19-15-16(20-12-21-17(15)24-8-3-7-22-24)23-9-6-18(11-23)14-5-2-1-4-13(14)10-25-18/h1-5,7-8,12H,6,9-11,19H2. The van der Waals surface area contributed by atoms with Crippen LogP contribution in [0.15, 0.2) is 49.1 Å². The van der Waals surface area contributed by atoms with Gasteiger partial charge in [-0.15, -0.1) is 0 Å². The highest BCUT2D eigenvalue weighted by Gasteiger charge is 2.46. The molecule has 4 heterocycles. The van der Waals surface area contributed by atoms with Crippen LogP contribution in [-0.2, 0) is 16.9 Å². The molecule has 1 atom stereocenters. The Bertz CT molecular complexity index is 925. The minimum Gasteiger partial charge on any atom is -0.393 e. The first-order valence-electron chi connectivity index (χ1n) is 8.35. The molecule has 0 aliphatic carbocycles. The Kier molecular flexibility index (Phi) is 3.05. The van der Waals surface area contributed by atoms with E-state index in [0.29, 0.717) is 18.1 Å². The largest absolute Gasteiger partial charge is 0.393 e. The van der Waals surface area contributed by atoms with E-state index in [-0.39, 0.29) is 5.60 Å². The van der Waals surface area contributed by atoms with Gasteiger partial charge in [-0.05, 0) is 23.6 Å². The summed E-state index contributed by atoms with van der Waals surface area (Å²) in [6.07, 6.45) is 5.99. The van der Waals surface area contributed by atoms with Gasteiger partial charge in [0.2, 0.25) is 0 Å². The molecule has 5 rings (SSSR count). The number of aromatic nitrogens is 4. The third-order valence-corrected chi connectivity index (χ3v) is 5.11. The molecular weight excluding hydrogens is 316 g/mol. The van der Waals surface area contributed by atoms with Gasteiger partial charge in [0.15, 0.2) is 11.6 Å². The highest BCUT2D eigenvalue weighted by molar-refractivity contribution is 5.70. The number of anilines is 2. The van der Waals surface area contributed by atoms with Crippen LogP contribution in [0.3, 0.4) is 0 Å². The number of nitrogens with two attached hydrogens (primary N) is 1. The maximum absolute atomic E-state index is 6.37. The molecule has 2 N–H and O–H groups in total. The Morgan fingerprint density at radius 2 is 2.00 bits per heavy atom. The van der Waals surface area contributed by atoms with Gasteiger partial charge in [0.25, 0.3) is 0 Å². The molecule has 3 aromatic rings. The zero-order valence-corrected chi connectivity index (χ0v) is 13.7. The second-order valence-electron chi connectivity index (χ2n) is 6.50. The molecule has 25 heavy (non-hydrogen) atoms. The number of fused-ring (bicyclic) bond motifs is 2. The molecule has 2 aromatic heterocycles. The average molecular weight is 334 g/mol. The normalized spacial score (nSPS) is 21.8. The molecule has 0 amide bonds. The first-order valence-corrected chi connectivity index (χ1v) is 8.35. The van der Waals surface area contributed by atoms with Gasteiger partial charge in [0.05, 0.1) is 13.2 Å². The fraction of sp³-hybridized carbons (Fsp3) is 0.278. The van der Waals surface area contributed by atoms with Crippen molar-refractivity contribution in [3.63, 3.8) is 0 Å². The number of rotatable bonds is 2. The molecule has 1 unspecified atom stereocenters. The summed E-state index contributed by atoms with van der Waals surface area (Å²) in [6, 6.07) is 10.3. The zero-order valence-electron chi connectivity index (χ0n) is 13.7. The predicted molar refractivity (Wildman–Crippen MR) is 93.3 cm³/mol. The third-order valence-electron chi connectivity index (χ3n) is 5.11. The van der Waals surface area contributed by atoms with Crippen LogP contribution < -0.4 is 10.6 Å². The van der Waals surface area contributed by atoms with Crippen LogP contribution in [0.5, 0.6) is 0 Å². The molecule has 1 aromatic carbocycles. The SMILES string of the molecule is Nc1c(N2CCC3(C2)OCc2ccccc23)ncnc1-n1cccn1. The van der Waals surface area contributed by atoms with Crippen molar-refractivity contribution >= 4 is 11.5 Å². The van der Waals surface area contributed by atoms with Crippen molar-refractivity contribution < 1.29 is 4.74 Å². The van der Waals surface area contributed by atoms with Gasteiger partial charge in [-0.1, -0.05) is 24.3 Å². The summed E-state index contributed by atoms with van der Waals surface area (Å²) < 4.78 is 7.88. The highest BCUT2D eigenvalue weighted by atomic mass is 16.5. The quantitative estimate of drug-likeness (QED) is 0.770. The molecule has 2 aliphatic rings. The van der Waals surface area contributed by atoms with E-state index in [1.165, 1.54) is 17.5 Å². The fourth-order valence-electron chi connectivity index (χ4n) is 3.89. The number of ether oxygens (including phenoxy) is 1. The van der Waals surface area contributed by atoms with E-state index in [4.69, 9.17) is 10.5 Å². The predicted octanol–water partition coefficient (Wildman–Crippen LogP) is 1.88. The minimum absolute atomic E-state index is 0.264. The van der Waals surface area contributed by atoms with Crippen LogP contribution in [0.4, 0.5) is 11.5 Å². The first kappa shape index (κ1) is 14.4. The minimum atomic E-state index is -0.264. The van der Waals surface area contributed by atoms with Crippen molar-refractivity contribution in [2.75, 3.05) is 23.7 Å². The van der Waals surface area contributed by atoms with E-state index in [0.717, 1.165) is 25.3 Å². The molecule has 0 bridgehead atoms. The van der Waals surface area contributed by atoms with E-state index >= 15 is 0 Å². The van der Waals surface area contributed by atoms with Gasteiger partial charge < -0.3 is 15.4 Å². The van der Waals surface area contributed by atoms with E-state index in [2.05, 4.69) is 44.2 Å². The maximum atomic E-state index is 6.37. The number of hydrogen-bond acceptors (Lipinski definition) is 6. The Morgan fingerprint density at radius 3 is 2.88 bits per heavy atom. The van der Waals surface area contributed by atoms with E-state index in [1.54, 1.807) is 10.9 Å². The number of nitrogen functional groups attached to an aromatic ring is 1. The smallest absolute Gasteiger partial charge is 0.181 e. The van der Waals surface area contributed by atoms with Gasteiger partial charge in [-0.3, -0.25) is 0 Å². The van der Waals surface area contributed by atoms with Crippen molar-refractivity contribution in [3.05, 3.63) is 60.2 Å². The molecule has 0 radical (unpaired) electrons. The summed E-state index contributed by atoms with van der Waals surface area (Å²) in [6.45, 7) is 2.25. The average Bonchev–Trinajstić information content (AvgIpc) is 3.38. The molecule has 1 spiro atoms. The summed E-state index contributed by atoms with van der Waals surface area (Å²) in [4.78, 5) is 10.9. The summed E-state index contributed by atoms with van der Waals surface area (Å²) in [5.41, 5.74) is 9.20. The molecule has 1 fully saturated rings. The Morgan fingerprint density at radius 1 is 1.12 bits per heavy atom.